The topological polar surface area (TPSA) is 88.0 Å². The Kier molecular flexibility index (Phi) is 3.32. The van der Waals surface area contributed by atoms with Crippen LogP contribution in [0.4, 0.5) is 0 Å². The Morgan fingerprint density at radius 1 is 1.31 bits per heavy atom. The van der Waals surface area contributed by atoms with Crippen LogP contribution >= 0.6 is 0 Å². The van der Waals surface area contributed by atoms with Crippen molar-refractivity contribution in [2.24, 2.45) is 5.73 Å². The zero-order chi connectivity index (χ0) is 11.6. The standard InChI is InChI=1S/C10H17N3O2S/c11-8-1-3-9(4-2-8)13-16(14,15)10-5-6-12-7-10/h5-9,12-13H,1-4,11H2. The predicted molar refractivity (Wildman–Crippen MR) is 61.3 cm³/mol. The van der Waals surface area contributed by atoms with E-state index in [1.165, 1.54) is 6.20 Å². The highest BCUT2D eigenvalue weighted by atomic mass is 32.2. The van der Waals surface area contributed by atoms with E-state index in [-0.39, 0.29) is 12.1 Å². The van der Waals surface area contributed by atoms with Gasteiger partial charge in [0.05, 0.1) is 4.90 Å². The molecule has 4 N–H and O–H groups in total. The van der Waals surface area contributed by atoms with Crippen LogP contribution in [0.2, 0.25) is 0 Å². The van der Waals surface area contributed by atoms with Gasteiger partial charge < -0.3 is 10.7 Å². The number of H-pyrrole nitrogens is 1. The molecule has 1 aliphatic rings. The molecule has 1 heterocycles. The van der Waals surface area contributed by atoms with Gasteiger partial charge in [0.25, 0.3) is 0 Å². The number of nitrogens with two attached hydrogens (primary N) is 1. The number of hydrogen-bond acceptors (Lipinski definition) is 3. The molecule has 0 atom stereocenters. The van der Waals surface area contributed by atoms with Gasteiger partial charge in [-0.05, 0) is 31.7 Å². The van der Waals surface area contributed by atoms with Crippen molar-refractivity contribution in [3.8, 4) is 0 Å². The van der Waals surface area contributed by atoms with E-state index < -0.39 is 10.0 Å². The zero-order valence-corrected chi connectivity index (χ0v) is 9.83. The third kappa shape index (κ3) is 2.63. The van der Waals surface area contributed by atoms with Gasteiger partial charge in [0.15, 0.2) is 0 Å². The number of rotatable bonds is 3. The minimum atomic E-state index is -3.36. The van der Waals surface area contributed by atoms with Gasteiger partial charge in [-0.25, -0.2) is 13.1 Å². The van der Waals surface area contributed by atoms with Gasteiger partial charge in [0.2, 0.25) is 10.0 Å². The fourth-order valence-corrected chi connectivity index (χ4v) is 3.28. The Labute approximate surface area is 95.5 Å². The quantitative estimate of drug-likeness (QED) is 0.725. The Bertz CT molecular complexity index is 419. The van der Waals surface area contributed by atoms with Crippen LogP contribution in [-0.2, 0) is 10.0 Å². The van der Waals surface area contributed by atoms with Gasteiger partial charge in [0.1, 0.15) is 0 Å². The van der Waals surface area contributed by atoms with Crippen molar-refractivity contribution < 1.29 is 8.42 Å². The lowest BCUT2D eigenvalue weighted by molar-refractivity contribution is 0.373. The van der Waals surface area contributed by atoms with E-state index >= 15 is 0 Å². The van der Waals surface area contributed by atoms with Crippen molar-refractivity contribution in [3.05, 3.63) is 18.5 Å². The average Bonchev–Trinajstić information content (AvgIpc) is 2.75. The van der Waals surface area contributed by atoms with Crippen molar-refractivity contribution in [2.75, 3.05) is 0 Å². The first-order valence-electron chi connectivity index (χ1n) is 5.48. The van der Waals surface area contributed by atoms with Crippen molar-refractivity contribution in [2.45, 2.75) is 42.7 Å². The largest absolute Gasteiger partial charge is 0.366 e. The monoisotopic (exact) mass is 243 g/mol. The van der Waals surface area contributed by atoms with E-state index in [0.29, 0.717) is 4.90 Å². The van der Waals surface area contributed by atoms with Gasteiger partial charge in [-0.2, -0.15) is 0 Å². The Hall–Kier alpha value is -0.850. The third-order valence-corrected chi connectivity index (χ3v) is 4.49. The molecule has 5 nitrogen and oxygen atoms in total. The summed E-state index contributed by atoms with van der Waals surface area (Å²) in [5.74, 6) is 0. The second kappa shape index (κ2) is 4.57. The Morgan fingerprint density at radius 3 is 2.56 bits per heavy atom. The highest BCUT2D eigenvalue weighted by molar-refractivity contribution is 7.89. The molecule has 1 aliphatic carbocycles. The molecule has 0 bridgehead atoms. The fourth-order valence-electron chi connectivity index (χ4n) is 2.00. The van der Waals surface area contributed by atoms with E-state index in [0.717, 1.165) is 25.7 Å². The molecule has 1 aromatic rings. The molecule has 90 valence electrons. The molecule has 0 amide bonds. The summed E-state index contributed by atoms with van der Waals surface area (Å²) in [5, 5.41) is 0. The summed E-state index contributed by atoms with van der Waals surface area (Å²) in [5.41, 5.74) is 5.77. The van der Waals surface area contributed by atoms with E-state index in [2.05, 4.69) is 9.71 Å². The second-order valence-corrected chi connectivity index (χ2v) is 5.99. The van der Waals surface area contributed by atoms with E-state index in [1.54, 1.807) is 12.3 Å². The van der Waals surface area contributed by atoms with Crippen LogP contribution in [0.1, 0.15) is 25.7 Å². The number of hydrogen-bond donors (Lipinski definition) is 3. The van der Waals surface area contributed by atoms with Gasteiger partial charge in [0, 0.05) is 24.5 Å². The molecular formula is C10H17N3O2S. The van der Waals surface area contributed by atoms with Crippen LogP contribution < -0.4 is 10.5 Å². The summed E-state index contributed by atoms with van der Waals surface area (Å²) in [6, 6.07) is 1.81. The first-order chi connectivity index (χ1) is 7.58. The van der Waals surface area contributed by atoms with Gasteiger partial charge in [-0.3, -0.25) is 0 Å². The number of aromatic nitrogens is 1. The Balaban J connectivity index is 2.00. The van der Waals surface area contributed by atoms with Crippen LogP contribution in [-0.4, -0.2) is 25.5 Å². The first kappa shape index (κ1) is 11.6. The lowest BCUT2D eigenvalue weighted by Gasteiger charge is -2.26. The second-order valence-electron chi connectivity index (χ2n) is 4.28. The van der Waals surface area contributed by atoms with Gasteiger partial charge >= 0.3 is 0 Å². The predicted octanol–water partition coefficient (Wildman–Crippen LogP) is 0.563. The molecule has 0 saturated heterocycles. The Morgan fingerprint density at radius 2 is 2.00 bits per heavy atom. The van der Waals surface area contributed by atoms with Crippen LogP contribution in [0.25, 0.3) is 0 Å². The van der Waals surface area contributed by atoms with Crippen LogP contribution in [0.15, 0.2) is 23.4 Å². The highest BCUT2D eigenvalue weighted by Gasteiger charge is 2.24. The molecule has 0 spiro atoms. The maximum atomic E-state index is 11.9. The zero-order valence-electron chi connectivity index (χ0n) is 9.02. The molecule has 1 saturated carbocycles. The highest BCUT2D eigenvalue weighted by Crippen LogP contribution is 2.19. The van der Waals surface area contributed by atoms with Crippen molar-refractivity contribution in [1.82, 2.24) is 9.71 Å². The molecule has 16 heavy (non-hydrogen) atoms. The summed E-state index contributed by atoms with van der Waals surface area (Å²) < 4.78 is 26.5. The van der Waals surface area contributed by atoms with E-state index in [1.807, 2.05) is 0 Å². The van der Waals surface area contributed by atoms with Crippen molar-refractivity contribution in [1.29, 1.82) is 0 Å². The van der Waals surface area contributed by atoms with Gasteiger partial charge in [-0.1, -0.05) is 0 Å². The summed E-state index contributed by atoms with van der Waals surface area (Å²) >= 11 is 0. The smallest absolute Gasteiger partial charge is 0.242 e. The number of nitrogens with one attached hydrogen (secondary N) is 2. The maximum absolute atomic E-state index is 11.9. The van der Waals surface area contributed by atoms with Crippen LogP contribution in [0, 0.1) is 0 Å². The molecule has 0 unspecified atom stereocenters. The molecule has 6 heteroatoms. The molecule has 0 aromatic carbocycles. The van der Waals surface area contributed by atoms with Crippen LogP contribution in [0.3, 0.4) is 0 Å². The summed E-state index contributed by atoms with van der Waals surface area (Å²) in [4.78, 5) is 3.03. The van der Waals surface area contributed by atoms with Crippen LogP contribution in [0.5, 0.6) is 0 Å². The lowest BCUT2D eigenvalue weighted by Crippen LogP contribution is -2.40. The maximum Gasteiger partial charge on any atom is 0.242 e. The normalized spacial score (nSPS) is 26.8. The fraction of sp³-hybridized carbons (Fsp3) is 0.600. The van der Waals surface area contributed by atoms with E-state index in [4.69, 9.17) is 5.73 Å². The first-order valence-corrected chi connectivity index (χ1v) is 6.97. The summed E-state index contributed by atoms with van der Waals surface area (Å²) in [6.07, 6.45) is 6.51. The van der Waals surface area contributed by atoms with Crippen molar-refractivity contribution in [3.63, 3.8) is 0 Å². The third-order valence-electron chi connectivity index (χ3n) is 2.97. The average molecular weight is 243 g/mol. The molecule has 0 aliphatic heterocycles. The summed E-state index contributed by atoms with van der Waals surface area (Å²) in [7, 11) is -3.36. The SMILES string of the molecule is NC1CCC(NS(=O)(=O)c2cc[nH]c2)CC1. The summed E-state index contributed by atoms with van der Waals surface area (Å²) in [6.45, 7) is 0. The number of sulfonamides is 1. The van der Waals surface area contributed by atoms with Gasteiger partial charge in [-0.15, -0.1) is 0 Å². The van der Waals surface area contributed by atoms with E-state index in [9.17, 15) is 8.42 Å². The lowest BCUT2D eigenvalue weighted by atomic mass is 9.93. The molecule has 1 aromatic heterocycles. The molecule has 1 fully saturated rings. The molecule has 0 radical (unpaired) electrons. The van der Waals surface area contributed by atoms with Crippen molar-refractivity contribution >= 4 is 10.0 Å². The minimum Gasteiger partial charge on any atom is -0.366 e. The minimum absolute atomic E-state index is 0.0275. The molecular weight excluding hydrogens is 226 g/mol. The molecule has 2 rings (SSSR count). The number of aromatic amines is 1.